The summed E-state index contributed by atoms with van der Waals surface area (Å²) in [5.41, 5.74) is 2.42. The third-order valence-electron chi connectivity index (χ3n) is 5.12. The van der Waals surface area contributed by atoms with E-state index in [1.807, 2.05) is 30.3 Å². The summed E-state index contributed by atoms with van der Waals surface area (Å²) >= 11 is 6.23. The summed E-state index contributed by atoms with van der Waals surface area (Å²) < 4.78 is 4.74. The number of nitrogens with one attached hydrogen (secondary N) is 1. The van der Waals surface area contributed by atoms with Crippen molar-refractivity contribution in [3.05, 3.63) is 58.6 Å². The molecule has 1 aromatic heterocycles. The number of hydrogen-bond donors (Lipinski definition) is 1. The molecule has 0 aliphatic carbocycles. The number of methoxy groups -OCH3 is 1. The van der Waals surface area contributed by atoms with Gasteiger partial charge in [-0.2, -0.15) is 4.98 Å². The number of fused-ring (bicyclic) bond motifs is 1. The zero-order chi connectivity index (χ0) is 20.2. The average Bonchev–Trinajstić information content (AvgIpc) is 2.77. The fourth-order valence-electron chi connectivity index (χ4n) is 3.57. The van der Waals surface area contributed by atoms with Gasteiger partial charge in [-0.1, -0.05) is 23.7 Å². The molecule has 0 saturated carbocycles. The molecule has 0 spiro atoms. The predicted molar refractivity (Wildman–Crippen MR) is 116 cm³/mol. The van der Waals surface area contributed by atoms with Gasteiger partial charge in [-0.05, 0) is 55.2 Å². The molecule has 2 heterocycles. The number of halogens is 1. The number of esters is 1. The summed E-state index contributed by atoms with van der Waals surface area (Å²) in [4.78, 5) is 23.4. The van der Waals surface area contributed by atoms with Gasteiger partial charge >= 0.3 is 5.97 Å². The highest BCUT2D eigenvalue weighted by Crippen LogP contribution is 2.30. The first-order valence-corrected chi connectivity index (χ1v) is 10.2. The van der Waals surface area contributed by atoms with E-state index >= 15 is 0 Å². The highest BCUT2D eigenvalue weighted by atomic mass is 35.5. The molecule has 0 amide bonds. The van der Waals surface area contributed by atoms with Gasteiger partial charge < -0.3 is 15.0 Å². The van der Waals surface area contributed by atoms with Crippen LogP contribution in [0.4, 0.5) is 11.8 Å². The molecule has 4 rings (SSSR count). The summed E-state index contributed by atoms with van der Waals surface area (Å²) in [6, 6.07) is 13.0. The number of ether oxygens (including phenoxy) is 1. The van der Waals surface area contributed by atoms with Gasteiger partial charge in [0, 0.05) is 30.0 Å². The first-order valence-electron chi connectivity index (χ1n) is 9.77. The van der Waals surface area contributed by atoms with Crippen molar-refractivity contribution in [3.63, 3.8) is 0 Å². The Morgan fingerprint density at radius 2 is 1.86 bits per heavy atom. The molecule has 1 aliphatic rings. The fraction of sp³-hybridized carbons (Fsp3) is 0.318. The van der Waals surface area contributed by atoms with Crippen molar-refractivity contribution in [1.82, 2.24) is 9.97 Å². The van der Waals surface area contributed by atoms with Crippen molar-refractivity contribution in [3.8, 4) is 0 Å². The first-order chi connectivity index (χ1) is 14.1. The van der Waals surface area contributed by atoms with E-state index in [1.54, 1.807) is 12.1 Å². The topological polar surface area (TPSA) is 67.3 Å². The molecule has 0 bridgehead atoms. The third-order valence-corrected chi connectivity index (χ3v) is 5.35. The van der Waals surface area contributed by atoms with Crippen LogP contribution in [0.5, 0.6) is 0 Å². The number of carbonyl (C=O) groups excluding carboxylic acids is 1. The molecular formula is C22H23ClN4O2. The molecule has 1 aliphatic heterocycles. The summed E-state index contributed by atoms with van der Waals surface area (Å²) in [7, 11) is 1.38. The van der Waals surface area contributed by atoms with Crippen molar-refractivity contribution in [2.75, 3.05) is 30.4 Å². The van der Waals surface area contributed by atoms with Gasteiger partial charge in [0.1, 0.15) is 5.82 Å². The van der Waals surface area contributed by atoms with Crippen LogP contribution in [0, 0.1) is 0 Å². The normalized spacial score (nSPS) is 14.1. The zero-order valence-corrected chi connectivity index (χ0v) is 17.1. The van der Waals surface area contributed by atoms with Crippen LogP contribution in [0.15, 0.2) is 42.5 Å². The quantitative estimate of drug-likeness (QED) is 0.616. The molecule has 0 unspecified atom stereocenters. The minimum atomic E-state index is -0.341. The SMILES string of the molecule is COC(=O)c1ccc(CNc2nc(N3CCCCC3)c3cc(Cl)ccc3n2)cc1. The molecule has 6 nitrogen and oxygen atoms in total. The Kier molecular flexibility index (Phi) is 5.81. The monoisotopic (exact) mass is 410 g/mol. The van der Waals surface area contributed by atoms with Gasteiger partial charge in [0.2, 0.25) is 5.95 Å². The molecule has 0 atom stereocenters. The van der Waals surface area contributed by atoms with E-state index in [0.717, 1.165) is 35.4 Å². The third kappa shape index (κ3) is 4.43. The highest BCUT2D eigenvalue weighted by molar-refractivity contribution is 6.31. The van der Waals surface area contributed by atoms with Crippen molar-refractivity contribution in [2.45, 2.75) is 25.8 Å². The molecule has 29 heavy (non-hydrogen) atoms. The molecule has 150 valence electrons. The summed E-state index contributed by atoms with van der Waals surface area (Å²) in [6.45, 7) is 2.54. The Labute approximate surface area is 174 Å². The van der Waals surface area contributed by atoms with Gasteiger partial charge in [0.15, 0.2) is 0 Å². The van der Waals surface area contributed by atoms with Crippen molar-refractivity contribution in [1.29, 1.82) is 0 Å². The van der Waals surface area contributed by atoms with Crippen LogP contribution in [0.3, 0.4) is 0 Å². The number of nitrogens with zero attached hydrogens (tertiary/aromatic N) is 3. The van der Waals surface area contributed by atoms with E-state index in [4.69, 9.17) is 21.3 Å². The average molecular weight is 411 g/mol. The lowest BCUT2D eigenvalue weighted by atomic mass is 10.1. The van der Waals surface area contributed by atoms with E-state index < -0.39 is 0 Å². The number of rotatable bonds is 5. The number of piperidine rings is 1. The molecule has 3 aromatic rings. The Morgan fingerprint density at radius 3 is 2.59 bits per heavy atom. The number of hydrogen-bond acceptors (Lipinski definition) is 6. The number of carbonyl (C=O) groups is 1. The van der Waals surface area contributed by atoms with Crippen molar-refractivity contribution < 1.29 is 9.53 Å². The lowest BCUT2D eigenvalue weighted by Crippen LogP contribution is -2.30. The van der Waals surface area contributed by atoms with Gasteiger partial charge in [-0.15, -0.1) is 0 Å². The van der Waals surface area contributed by atoms with Crippen LogP contribution in [-0.4, -0.2) is 36.1 Å². The van der Waals surface area contributed by atoms with Crippen LogP contribution in [0.1, 0.15) is 35.2 Å². The van der Waals surface area contributed by atoms with E-state index in [2.05, 4.69) is 15.2 Å². The van der Waals surface area contributed by atoms with Crippen LogP contribution in [0.25, 0.3) is 10.9 Å². The number of aromatic nitrogens is 2. The summed E-state index contributed by atoms with van der Waals surface area (Å²) in [6.07, 6.45) is 3.59. The molecular weight excluding hydrogens is 388 g/mol. The minimum absolute atomic E-state index is 0.341. The Morgan fingerprint density at radius 1 is 1.10 bits per heavy atom. The lowest BCUT2D eigenvalue weighted by Gasteiger charge is -2.29. The van der Waals surface area contributed by atoms with E-state index in [-0.39, 0.29) is 5.97 Å². The zero-order valence-electron chi connectivity index (χ0n) is 16.3. The molecule has 1 fully saturated rings. The van der Waals surface area contributed by atoms with Gasteiger partial charge in [0.05, 0.1) is 18.2 Å². The second-order valence-electron chi connectivity index (χ2n) is 7.12. The summed E-state index contributed by atoms with van der Waals surface area (Å²) in [5, 5.41) is 4.98. The smallest absolute Gasteiger partial charge is 0.337 e. The van der Waals surface area contributed by atoms with E-state index in [9.17, 15) is 4.79 Å². The fourth-order valence-corrected chi connectivity index (χ4v) is 3.74. The minimum Gasteiger partial charge on any atom is -0.465 e. The standard InChI is InChI=1S/C22H23ClN4O2/c1-29-21(28)16-7-5-15(6-8-16)14-24-22-25-19-10-9-17(23)13-18(19)20(26-22)27-11-3-2-4-12-27/h5-10,13H,2-4,11-12,14H2,1H3,(H,24,25,26). The van der Waals surface area contributed by atoms with Gasteiger partial charge in [-0.25, -0.2) is 9.78 Å². The molecule has 7 heteroatoms. The van der Waals surface area contributed by atoms with Gasteiger partial charge in [0.25, 0.3) is 0 Å². The molecule has 1 N–H and O–H groups in total. The van der Waals surface area contributed by atoms with E-state index in [1.165, 1.54) is 26.4 Å². The number of anilines is 2. The molecule has 0 radical (unpaired) electrons. The predicted octanol–water partition coefficient (Wildman–Crippen LogP) is 4.67. The second-order valence-corrected chi connectivity index (χ2v) is 7.56. The first kappa shape index (κ1) is 19.5. The van der Waals surface area contributed by atoms with Crippen LogP contribution in [-0.2, 0) is 11.3 Å². The van der Waals surface area contributed by atoms with Crippen LogP contribution in [0.2, 0.25) is 5.02 Å². The summed E-state index contributed by atoms with van der Waals surface area (Å²) in [5.74, 6) is 1.17. The van der Waals surface area contributed by atoms with E-state index in [0.29, 0.717) is 23.1 Å². The van der Waals surface area contributed by atoms with Gasteiger partial charge in [-0.3, -0.25) is 0 Å². The maximum absolute atomic E-state index is 11.6. The second kappa shape index (κ2) is 8.66. The van der Waals surface area contributed by atoms with Crippen LogP contribution < -0.4 is 10.2 Å². The van der Waals surface area contributed by atoms with Crippen molar-refractivity contribution in [2.24, 2.45) is 0 Å². The molecule has 2 aromatic carbocycles. The number of benzene rings is 2. The van der Waals surface area contributed by atoms with Crippen LogP contribution >= 0.6 is 11.6 Å². The maximum atomic E-state index is 11.6. The maximum Gasteiger partial charge on any atom is 0.337 e. The Bertz CT molecular complexity index is 1020. The van der Waals surface area contributed by atoms with Crippen molar-refractivity contribution >= 4 is 40.2 Å². The Hall–Kier alpha value is -2.86. The lowest BCUT2D eigenvalue weighted by molar-refractivity contribution is 0.0600. The molecule has 1 saturated heterocycles. The largest absolute Gasteiger partial charge is 0.465 e. The Balaban J connectivity index is 1.58. The highest BCUT2D eigenvalue weighted by Gasteiger charge is 2.17.